The van der Waals surface area contributed by atoms with Crippen LogP contribution in [-0.2, 0) is 5.41 Å². The second-order valence-electron chi connectivity index (χ2n) is 6.26. The summed E-state index contributed by atoms with van der Waals surface area (Å²) >= 11 is 0. The molecule has 1 saturated carbocycles. The van der Waals surface area contributed by atoms with Gasteiger partial charge in [0, 0.05) is 18.5 Å². The Morgan fingerprint density at radius 1 is 1.21 bits per heavy atom. The van der Waals surface area contributed by atoms with Crippen molar-refractivity contribution in [2.24, 2.45) is 5.92 Å². The van der Waals surface area contributed by atoms with Gasteiger partial charge in [0.25, 0.3) is 0 Å². The second-order valence-corrected chi connectivity index (χ2v) is 6.26. The van der Waals surface area contributed by atoms with Crippen LogP contribution in [0.2, 0.25) is 0 Å². The van der Waals surface area contributed by atoms with Gasteiger partial charge in [-0.2, -0.15) is 0 Å². The minimum absolute atomic E-state index is 0.469. The highest BCUT2D eigenvalue weighted by atomic mass is 15.1. The Bertz CT molecular complexity index is 425. The Morgan fingerprint density at radius 2 is 2.05 bits per heavy atom. The highest BCUT2D eigenvalue weighted by Crippen LogP contribution is 2.48. The lowest BCUT2D eigenvalue weighted by Gasteiger charge is -2.51. The number of likely N-dealkylation sites (tertiary alicyclic amines) is 1. The average molecular weight is 255 g/mol. The summed E-state index contributed by atoms with van der Waals surface area (Å²) in [4.78, 5) is 2.59. The fraction of sp³-hybridized carbons (Fsp3) is 0.556. The van der Waals surface area contributed by atoms with E-state index in [2.05, 4.69) is 47.9 Å². The van der Waals surface area contributed by atoms with Gasteiger partial charge in [0.1, 0.15) is 0 Å². The number of piperidine rings is 1. The van der Waals surface area contributed by atoms with Gasteiger partial charge in [-0.25, -0.2) is 0 Å². The second kappa shape index (κ2) is 5.50. The number of fused-ring (bicyclic) bond motifs is 1. The van der Waals surface area contributed by atoms with Gasteiger partial charge in [0.2, 0.25) is 0 Å². The van der Waals surface area contributed by atoms with Gasteiger partial charge in [0.05, 0.1) is 0 Å². The fourth-order valence-corrected chi connectivity index (χ4v) is 4.31. The van der Waals surface area contributed by atoms with Crippen LogP contribution in [0, 0.1) is 5.92 Å². The monoisotopic (exact) mass is 255 g/mol. The summed E-state index contributed by atoms with van der Waals surface area (Å²) < 4.78 is 0. The van der Waals surface area contributed by atoms with E-state index in [1.54, 1.807) is 5.56 Å². The van der Waals surface area contributed by atoms with Gasteiger partial charge in [-0.3, -0.25) is 4.90 Å². The summed E-state index contributed by atoms with van der Waals surface area (Å²) in [6.45, 7) is 7.45. The molecular formula is C18H25N. The molecule has 1 aliphatic heterocycles. The summed E-state index contributed by atoms with van der Waals surface area (Å²) in [5.41, 5.74) is 2.06. The molecule has 2 aliphatic rings. The Morgan fingerprint density at radius 3 is 2.84 bits per heavy atom. The molecule has 0 N–H and O–H groups in total. The molecule has 1 nitrogen and oxygen atoms in total. The standard InChI is InChI=1S/C18H25N/c1-2-13-19-14-12-18(16-8-4-3-5-9-16)11-7-6-10-17(18)15-19/h2-5,8-9,17H,1,6-7,10-15H2. The zero-order chi connectivity index (χ0) is 13.1. The molecule has 1 aliphatic carbocycles. The van der Waals surface area contributed by atoms with Crippen molar-refractivity contribution in [2.75, 3.05) is 19.6 Å². The zero-order valence-electron chi connectivity index (χ0n) is 11.9. The van der Waals surface area contributed by atoms with Crippen LogP contribution >= 0.6 is 0 Å². The third-order valence-corrected chi connectivity index (χ3v) is 5.30. The SMILES string of the molecule is C=CCN1CCC2(c3ccccc3)CCCCC2C1. The first-order chi connectivity index (χ1) is 9.35. The third kappa shape index (κ3) is 2.36. The van der Waals surface area contributed by atoms with Crippen molar-refractivity contribution < 1.29 is 0 Å². The lowest BCUT2D eigenvalue weighted by atomic mass is 9.59. The van der Waals surface area contributed by atoms with Crippen molar-refractivity contribution in [3.63, 3.8) is 0 Å². The number of hydrogen-bond acceptors (Lipinski definition) is 1. The first-order valence-electron chi connectivity index (χ1n) is 7.74. The first-order valence-corrected chi connectivity index (χ1v) is 7.74. The van der Waals surface area contributed by atoms with E-state index in [0.29, 0.717) is 5.41 Å². The molecule has 2 fully saturated rings. The highest BCUT2D eigenvalue weighted by molar-refractivity contribution is 5.28. The molecular weight excluding hydrogens is 230 g/mol. The summed E-state index contributed by atoms with van der Waals surface area (Å²) in [5.74, 6) is 0.845. The quantitative estimate of drug-likeness (QED) is 0.738. The lowest BCUT2D eigenvalue weighted by molar-refractivity contribution is 0.0628. The molecule has 3 rings (SSSR count). The van der Waals surface area contributed by atoms with Crippen molar-refractivity contribution in [1.29, 1.82) is 0 Å². The molecule has 0 spiro atoms. The Kier molecular flexibility index (Phi) is 3.74. The molecule has 102 valence electrons. The van der Waals surface area contributed by atoms with E-state index in [4.69, 9.17) is 0 Å². The summed E-state index contributed by atoms with van der Waals surface area (Å²) in [6, 6.07) is 11.3. The molecule has 0 bridgehead atoms. The molecule has 1 aromatic rings. The number of hydrogen-bond donors (Lipinski definition) is 0. The molecule has 2 unspecified atom stereocenters. The smallest absolute Gasteiger partial charge is 0.0160 e. The molecule has 0 aromatic heterocycles. The summed E-state index contributed by atoms with van der Waals surface area (Å²) in [5, 5.41) is 0. The van der Waals surface area contributed by atoms with E-state index in [0.717, 1.165) is 12.5 Å². The van der Waals surface area contributed by atoms with Crippen LogP contribution in [0.15, 0.2) is 43.0 Å². The van der Waals surface area contributed by atoms with Crippen molar-refractivity contribution in [2.45, 2.75) is 37.5 Å². The lowest BCUT2D eigenvalue weighted by Crippen LogP contribution is -2.51. The molecule has 0 radical (unpaired) electrons. The maximum atomic E-state index is 3.89. The minimum atomic E-state index is 0.469. The summed E-state index contributed by atoms with van der Waals surface area (Å²) in [6.07, 6.45) is 9.01. The Hall–Kier alpha value is -1.08. The van der Waals surface area contributed by atoms with E-state index >= 15 is 0 Å². The highest BCUT2D eigenvalue weighted by Gasteiger charge is 2.44. The van der Waals surface area contributed by atoms with E-state index in [9.17, 15) is 0 Å². The molecule has 2 atom stereocenters. The fourth-order valence-electron chi connectivity index (χ4n) is 4.31. The van der Waals surface area contributed by atoms with Gasteiger partial charge in [-0.1, -0.05) is 49.2 Å². The van der Waals surface area contributed by atoms with Crippen molar-refractivity contribution >= 4 is 0 Å². The minimum Gasteiger partial charge on any atom is -0.299 e. The van der Waals surface area contributed by atoms with Gasteiger partial charge in [-0.15, -0.1) is 6.58 Å². The number of rotatable bonds is 3. The van der Waals surface area contributed by atoms with Crippen LogP contribution in [0.1, 0.15) is 37.7 Å². The van der Waals surface area contributed by atoms with E-state index in [1.165, 1.54) is 45.2 Å². The average Bonchev–Trinajstić information content (AvgIpc) is 2.48. The van der Waals surface area contributed by atoms with Crippen molar-refractivity contribution in [3.8, 4) is 0 Å². The third-order valence-electron chi connectivity index (χ3n) is 5.30. The first kappa shape index (κ1) is 12.9. The van der Waals surface area contributed by atoms with E-state index in [1.807, 2.05) is 0 Å². The summed E-state index contributed by atoms with van der Waals surface area (Å²) in [7, 11) is 0. The predicted octanol–water partition coefficient (Wildman–Crippen LogP) is 4.01. The maximum Gasteiger partial charge on any atom is 0.0160 e. The molecule has 1 heteroatoms. The van der Waals surface area contributed by atoms with Crippen LogP contribution in [0.4, 0.5) is 0 Å². The number of benzene rings is 1. The molecule has 1 heterocycles. The van der Waals surface area contributed by atoms with Gasteiger partial charge >= 0.3 is 0 Å². The largest absolute Gasteiger partial charge is 0.299 e. The van der Waals surface area contributed by atoms with E-state index in [-0.39, 0.29) is 0 Å². The van der Waals surface area contributed by atoms with Crippen molar-refractivity contribution in [1.82, 2.24) is 4.90 Å². The Balaban J connectivity index is 1.87. The van der Waals surface area contributed by atoms with E-state index < -0.39 is 0 Å². The van der Waals surface area contributed by atoms with Crippen LogP contribution in [0.3, 0.4) is 0 Å². The predicted molar refractivity (Wildman–Crippen MR) is 81.3 cm³/mol. The maximum absolute atomic E-state index is 3.89. The van der Waals surface area contributed by atoms with Crippen LogP contribution in [0.25, 0.3) is 0 Å². The molecule has 19 heavy (non-hydrogen) atoms. The zero-order valence-corrected chi connectivity index (χ0v) is 11.9. The normalized spacial score (nSPS) is 31.7. The topological polar surface area (TPSA) is 3.24 Å². The molecule has 1 aromatic carbocycles. The van der Waals surface area contributed by atoms with Gasteiger partial charge in [0.15, 0.2) is 0 Å². The Labute approximate surface area is 117 Å². The number of nitrogens with zero attached hydrogens (tertiary/aromatic N) is 1. The molecule has 1 saturated heterocycles. The van der Waals surface area contributed by atoms with Crippen molar-refractivity contribution in [3.05, 3.63) is 48.6 Å². The van der Waals surface area contributed by atoms with Crippen LogP contribution < -0.4 is 0 Å². The van der Waals surface area contributed by atoms with Crippen LogP contribution in [-0.4, -0.2) is 24.5 Å². The van der Waals surface area contributed by atoms with Gasteiger partial charge in [-0.05, 0) is 37.3 Å². The van der Waals surface area contributed by atoms with Gasteiger partial charge < -0.3 is 0 Å². The molecule has 0 amide bonds. The van der Waals surface area contributed by atoms with Crippen LogP contribution in [0.5, 0.6) is 0 Å².